The lowest BCUT2D eigenvalue weighted by Gasteiger charge is -2.33. The number of hydrogen-bond donors (Lipinski definition) is 2. The molecule has 0 radical (unpaired) electrons. The Morgan fingerprint density at radius 3 is 2.21 bits per heavy atom. The lowest BCUT2D eigenvalue weighted by molar-refractivity contribution is -0.138. The molecule has 1 amide bonds. The maximum Gasteiger partial charge on any atom is 0.236 e. The van der Waals surface area contributed by atoms with Gasteiger partial charge in [0.15, 0.2) is 5.84 Å². The number of amidine groups is 1. The average molecular weight is 272 g/mol. The van der Waals surface area contributed by atoms with Crippen LogP contribution >= 0.6 is 0 Å². The number of carbonyl (C=O) groups is 1. The Morgan fingerprint density at radius 1 is 1.26 bits per heavy atom. The van der Waals surface area contributed by atoms with E-state index in [-0.39, 0.29) is 11.7 Å². The molecule has 0 aliphatic carbocycles. The predicted molar refractivity (Wildman–Crippen MR) is 77.2 cm³/mol. The van der Waals surface area contributed by atoms with E-state index in [2.05, 4.69) is 5.16 Å². The highest BCUT2D eigenvalue weighted by atomic mass is 16.4. The van der Waals surface area contributed by atoms with Crippen LogP contribution in [0.15, 0.2) is 5.16 Å². The van der Waals surface area contributed by atoms with Crippen molar-refractivity contribution in [3.8, 4) is 0 Å². The zero-order chi connectivity index (χ0) is 15.1. The summed E-state index contributed by atoms with van der Waals surface area (Å²) in [4.78, 5) is 16.5. The third-order valence-corrected chi connectivity index (χ3v) is 3.45. The second kappa shape index (κ2) is 7.99. The maximum absolute atomic E-state index is 12.6. The Kier molecular flexibility index (Phi) is 7.44. The molecule has 0 saturated heterocycles. The molecular weight excluding hydrogens is 244 g/mol. The molecule has 1 unspecified atom stereocenters. The highest BCUT2D eigenvalue weighted by Gasteiger charge is 2.39. The average Bonchev–Trinajstić information content (AvgIpc) is 2.40. The van der Waals surface area contributed by atoms with E-state index in [1.807, 2.05) is 32.8 Å². The summed E-state index contributed by atoms with van der Waals surface area (Å²) in [5.41, 5.74) is 4.76. The van der Waals surface area contributed by atoms with Crippen LogP contribution in [-0.4, -0.2) is 60.5 Å². The molecule has 0 heterocycles. The van der Waals surface area contributed by atoms with Crippen LogP contribution in [0.1, 0.15) is 33.6 Å². The summed E-state index contributed by atoms with van der Waals surface area (Å²) in [7, 11) is 3.94. The van der Waals surface area contributed by atoms with Gasteiger partial charge < -0.3 is 20.7 Å². The smallest absolute Gasteiger partial charge is 0.236 e. The van der Waals surface area contributed by atoms with E-state index in [9.17, 15) is 4.79 Å². The lowest BCUT2D eigenvalue weighted by Crippen LogP contribution is -2.51. The first-order chi connectivity index (χ1) is 8.83. The standard InChI is InChI=1S/C13H28N4O2/c1-6-8-17(10-9-16(4)5)12(18)13(3,7-2)11(14)15-19/h19H,6-10H2,1-5H3,(H2,14,15). The fraction of sp³-hybridized carbons (Fsp3) is 0.846. The van der Waals surface area contributed by atoms with Gasteiger partial charge in [0.1, 0.15) is 5.41 Å². The zero-order valence-corrected chi connectivity index (χ0v) is 12.8. The summed E-state index contributed by atoms with van der Waals surface area (Å²) in [5, 5.41) is 11.9. The Balaban J connectivity index is 5.04. The van der Waals surface area contributed by atoms with Crippen LogP contribution in [0.5, 0.6) is 0 Å². The minimum Gasteiger partial charge on any atom is -0.409 e. The lowest BCUT2D eigenvalue weighted by atomic mass is 9.84. The molecule has 6 heteroatoms. The van der Waals surface area contributed by atoms with E-state index in [4.69, 9.17) is 10.9 Å². The van der Waals surface area contributed by atoms with E-state index in [1.54, 1.807) is 11.8 Å². The van der Waals surface area contributed by atoms with Crippen LogP contribution in [0.25, 0.3) is 0 Å². The number of nitrogens with zero attached hydrogens (tertiary/aromatic N) is 3. The Bertz CT molecular complexity index is 318. The first-order valence-electron chi connectivity index (χ1n) is 6.75. The third kappa shape index (κ3) is 4.70. The third-order valence-electron chi connectivity index (χ3n) is 3.45. The first-order valence-corrected chi connectivity index (χ1v) is 6.75. The van der Waals surface area contributed by atoms with Gasteiger partial charge in [0.25, 0.3) is 0 Å². The number of amides is 1. The molecular formula is C13H28N4O2. The summed E-state index contributed by atoms with van der Waals surface area (Å²) in [6, 6.07) is 0. The Hall–Kier alpha value is -1.30. The van der Waals surface area contributed by atoms with Crippen molar-refractivity contribution >= 4 is 11.7 Å². The van der Waals surface area contributed by atoms with Gasteiger partial charge in [-0.1, -0.05) is 19.0 Å². The molecule has 0 bridgehead atoms. The van der Waals surface area contributed by atoms with Crippen molar-refractivity contribution in [1.29, 1.82) is 0 Å². The van der Waals surface area contributed by atoms with Gasteiger partial charge in [-0.05, 0) is 33.9 Å². The predicted octanol–water partition coefficient (Wildman–Crippen LogP) is 0.949. The second-order valence-corrected chi connectivity index (χ2v) is 5.27. The monoisotopic (exact) mass is 272 g/mol. The maximum atomic E-state index is 12.6. The first kappa shape index (κ1) is 17.7. The van der Waals surface area contributed by atoms with E-state index in [0.29, 0.717) is 19.5 Å². The Labute approximate surface area is 116 Å². The quantitative estimate of drug-likeness (QED) is 0.298. The summed E-state index contributed by atoms with van der Waals surface area (Å²) < 4.78 is 0. The van der Waals surface area contributed by atoms with Gasteiger partial charge in [-0.2, -0.15) is 0 Å². The van der Waals surface area contributed by atoms with E-state index < -0.39 is 5.41 Å². The van der Waals surface area contributed by atoms with Crippen molar-refractivity contribution in [2.24, 2.45) is 16.3 Å². The highest BCUT2D eigenvalue weighted by Crippen LogP contribution is 2.24. The number of oxime groups is 1. The van der Waals surface area contributed by atoms with Crippen molar-refractivity contribution in [3.63, 3.8) is 0 Å². The van der Waals surface area contributed by atoms with Crippen LogP contribution < -0.4 is 5.73 Å². The molecule has 0 rings (SSSR count). The number of likely N-dealkylation sites (N-methyl/N-ethyl adjacent to an activating group) is 1. The van der Waals surface area contributed by atoms with Crippen molar-refractivity contribution < 1.29 is 10.0 Å². The van der Waals surface area contributed by atoms with Gasteiger partial charge in [-0.15, -0.1) is 0 Å². The number of nitrogens with two attached hydrogens (primary N) is 1. The molecule has 6 nitrogen and oxygen atoms in total. The molecule has 0 spiro atoms. The summed E-state index contributed by atoms with van der Waals surface area (Å²) >= 11 is 0. The molecule has 0 fully saturated rings. The molecule has 0 aliphatic rings. The fourth-order valence-corrected chi connectivity index (χ4v) is 1.81. The summed E-state index contributed by atoms with van der Waals surface area (Å²) in [5.74, 6) is -0.0973. The van der Waals surface area contributed by atoms with E-state index in [0.717, 1.165) is 13.0 Å². The second-order valence-electron chi connectivity index (χ2n) is 5.27. The van der Waals surface area contributed by atoms with Crippen molar-refractivity contribution in [2.45, 2.75) is 33.6 Å². The summed E-state index contributed by atoms with van der Waals surface area (Å²) in [6.45, 7) is 7.74. The van der Waals surface area contributed by atoms with Crippen molar-refractivity contribution in [3.05, 3.63) is 0 Å². The van der Waals surface area contributed by atoms with E-state index >= 15 is 0 Å². The normalized spacial score (nSPS) is 15.4. The van der Waals surface area contributed by atoms with Crippen molar-refractivity contribution in [1.82, 2.24) is 9.80 Å². The number of carbonyl (C=O) groups excluding carboxylic acids is 1. The van der Waals surface area contributed by atoms with Crippen LogP contribution in [0.3, 0.4) is 0 Å². The molecule has 1 atom stereocenters. The van der Waals surface area contributed by atoms with Crippen LogP contribution in [0.4, 0.5) is 0 Å². The molecule has 0 saturated carbocycles. The topological polar surface area (TPSA) is 82.2 Å². The van der Waals surface area contributed by atoms with Gasteiger partial charge in [0, 0.05) is 19.6 Å². The van der Waals surface area contributed by atoms with Gasteiger partial charge in [0.2, 0.25) is 5.91 Å². The molecule has 0 aromatic carbocycles. The van der Waals surface area contributed by atoms with E-state index in [1.165, 1.54) is 0 Å². The largest absolute Gasteiger partial charge is 0.409 e. The minimum atomic E-state index is -0.934. The number of rotatable bonds is 8. The fourth-order valence-electron chi connectivity index (χ4n) is 1.81. The SMILES string of the molecule is CCCN(CCN(C)C)C(=O)C(C)(CC)C(N)=NO. The minimum absolute atomic E-state index is 0.0223. The van der Waals surface area contributed by atoms with Crippen LogP contribution in [0, 0.1) is 5.41 Å². The Morgan fingerprint density at radius 2 is 1.84 bits per heavy atom. The molecule has 3 N–H and O–H groups in total. The molecule has 112 valence electrons. The summed E-state index contributed by atoms with van der Waals surface area (Å²) in [6.07, 6.45) is 1.39. The number of hydrogen-bond acceptors (Lipinski definition) is 4. The molecule has 0 aromatic heterocycles. The van der Waals surface area contributed by atoms with Gasteiger partial charge in [0.05, 0.1) is 0 Å². The zero-order valence-electron chi connectivity index (χ0n) is 12.8. The van der Waals surface area contributed by atoms with Gasteiger partial charge in [-0.25, -0.2) is 0 Å². The molecule has 0 aliphatic heterocycles. The van der Waals surface area contributed by atoms with Gasteiger partial charge in [-0.3, -0.25) is 4.79 Å². The molecule has 0 aromatic rings. The van der Waals surface area contributed by atoms with Crippen LogP contribution in [-0.2, 0) is 4.79 Å². The molecule has 19 heavy (non-hydrogen) atoms. The van der Waals surface area contributed by atoms with Gasteiger partial charge >= 0.3 is 0 Å². The van der Waals surface area contributed by atoms with Crippen molar-refractivity contribution in [2.75, 3.05) is 33.7 Å². The van der Waals surface area contributed by atoms with Crippen LogP contribution in [0.2, 0.25) is 0 Å². The highest BCUT2D eigenvalue weighted by molar-refractivity contribution is 6.06.